The number of rotatable bonds is 2. The van der Waals surface area contributed by atoms with Crippen LogP contribution in [0.5, 0.6) is 0 Å². The van der Waals surface area contributed by atoms with Crippen LogP contribution in [-0.2, 0) is 17.6 Å². The van der Waals surface area contributed by atoms with Crippen LogP contribution in [0.15, 0.2) is 54.6 Å². The molecule has 2 aromatic carbocycles. The third-order valence-electron chi connectivity index (χ3n) is 4.85. The molecule has 4 aromatic rings. The van der Waals surface area contributed by atoms with E-state index in [9.17, 15) is 4.79 Å². The fourth-order valence-corrected chi connectivity index (χ4v) is 3.62. The number of fused-ring (bicyclic) bond motifs is 4. The van der Waals surface area contributed by atoms with Crippen LogP contribution < -0.4 is 5.32 Å². The number of hydrogen-bond acceptors (Lipinski definition) is 4. The zero-order chi connectivity index (χ0) is 18.4. The van der Waals surface area contributed by atoms with Gasteiger partial charge in [-0.25, -0.2) is 0 Å². The largest absolute Gasteiger partial charge is 0.326 e. The summed E-state index contributed by atoms with van der Waals surface area (Å²) < 4.78 is 1.80. The lowest BCUT2D eigenvalue weighted by Crippen LogP contribution is -2.11. The molecule has 27 heavy (non-hydrogen) atoms. The summed E-state index contributed by atoms with van der Waals surface area (Å²) in [5.74, 6) is 0.637. The number of carbonyl (C=O) groups excluding carboxylic acids is 1. The minimum Gasteiger partial charge on any atom is -0.326 e. The van der Waals surface area contributed by atoms with Gasteiger partial charge in [0, 0.05) is 23.7 Å². The third kappa shape index (κ3) is 2.66. The first kappa shape index (κ1) is 15.7. The molecule has 1 amide bonds. The molecule has 0 radical (unpaired) electrons. The van der Waals surface area contributed by atoms with Crippen LogP contribution in [0.3, 0.4) is 0 Å². The fourth-order valence-electron chi connectivity index (χ4n) is 3.62. The lowest BCUT2D eigenvalue weighted by molar-refractivity contribution is -0.114. The quantitative estimate of drug-likeness (QED) is 0.597. The van der Waals surface area contributed by atoms with E-state index < -0.39 is 0 Å². The van der Waals surface area contributed by atoms with Crippen molar-refractivity contribution in [2.24, 2.45) is 0 Å². The molecular weight excluding hydrogens is 338 g/mol. The normalized spacial score (nSPS) is 12.5. The summed E-state index contributed by atoms with van der Waals surface area (Å²) in [6.07, 6.45) is 1.86. The van der Waals surface area contributed by atoms with E-state index in [1.54, 1.807) is 4.52 Å². The molecule has 5 rings (SSSR count). The SMILES string of the molecule is CC(=O)Nc1ccc2c(c1)-c1nn3c(-c4ccccc4)nnc3cc1CC2. The second-order valence-corrected chi connectivity index (χ2v) is 6.73. The minimum absolute atomic E-state index is 0.0837. The first-order valence-electron chi connectivity index (χ1n) is 8.91. The van der Waals surface area contributed by atoms with E-state index in [1.165, 1.54) is 12.5 Å². The number of anilines is 1. The van der Waals surface area contributed by atoms with Crippen molar-refractivity contribution >= 4 is 17.2 Å². The molecular formula is C21H17N5O. The van der Waals surface area contributed by atoms with Crippen molar-refractivity contribution in [1.82, 2.24) is 19.8 Å². The average molecular weight is 355 g/mol. The number of carbonyl (C=O) groups is 1. The van der Waals surface area contributed by atoms with Gasteiger partial charge in [0.05, 0.1) is 5.69 Å². The Morgan fingerprint density at radius 1 is 1.00 bits per heavy atom. The summed E-state index contributed by atoms with van der Waals surface area (Å²) in [5, 5.41) is 16.4. The lowest BCUT2D eigenvalue weighted by Gasteiger charge is -2.20. The van der Waals surface area contributed by atoms with Crippen molar-refractivity contribution in [3.8, 4) is 22.6 Å². The molecule has 0 spiro atoms. The molecule has 0 saturated heterocycles. The van der Waals surface area contributed by atoms with Gasteiger partial charge in [-0.05, 0) is 42.2 Å². The maximum absolute atomic E-state index is 11.4. The summed E-state index contributed by atoms with van der Waals surface area (Å²) in [7, 11) is 0. The number of aromatic nitrogens is 4. The Morgan fingerprint density at radius 2 is 1.81 bits per heavy atom. The summed E-state index contributed by atoms with van der Waals surface area (Å²) in [5.41, 5.74) is 6.86. The standard InChI is InChI=1S/C21H17N5O/c1-13(27)22-17-10-9-14-7-8-16-11-19-23-24-21(15-5-3-2-4-6-15)26(19)25-20(16)18(14)12-17/h2-6,9-12H,7-8H2,1H3,(H,22,27). The highest BCUT2D eigenvalue weighted by Gasteiger charge is 2.21. The summed E-state index contributed by atoms with van der Waals surface area (Å²) in [6, 6.07) is 18.0. The van der Waals surface area contributed by atoms with Gasteiger partial charge in [0.25, 0.3) is 0 Å². The van der Waals surface area contributed by atoms with Crippen LogP contribution in [0.25, 0.3) is 28.3 Å². The molecule has 0 atom stereocenters. The first-order valence-corrected chi connectivity index (χ1v) is 8.91. The number of aryl methyl sites for hydroxylation is 2. The van der Waals surface area contributed by atoms with E-state index in [0.29, 0.717) is 0 Å². The highest BCUT2D eigenvalue weighted by atomic mass is 16.1. The van der Waals surface area contributed by atoms with E-state index in [1.807, 2.05) is 42.5 Å². The first-order chi connectivity index (χ1) is 13.2. The summed E-state index contributed by atoms with van der Waals surface area (Å²) >= 11 is 0. The third-order valence-corrected chi connectivity index (χ3v) is 4.85. The van der Waals surface area contributed by atoms with Crippen LogP contribution in [0.2, 0.25) is 0 Å². The zero-order valence-electron chi connectivity index (χ0n) is 14.8. The van der Waals surface area contributed by atoms with Crippen molar-refractivity contribution in [3.63, 3.8) is 0 Å². The van der Waals surface area contributed by atoms with Gasteiger partial charge in [-0.15, -0.1) is 10.2 Å². The van der Waals surface area contributed by atoms with Crippen LogP contribution in [0.1, 0.15) is 18.1 Å². The van der Waals surface area contributed by atoms with E-state index >= 15 is 0 Å². The highest BCUT2D eigenvalue weighted by molar-refractivity contribution is 5.90. The van der Waals surface area contributed by atoms with Gasteiger partial charge in [-0.2, -0.15) is 9.61 Å². The molecule has 0 aliphatic heterocycles. The van der Waals surface area contributed by atoms with Gasteiger partial charge >= 0.3 is 0 Å². The van der Waals surface area contributed by atoms with Crippen LogP contribution >= 0.6 is 0 Å². The van der Waals surface area contributed by atoms with Gasteiger partial charge in [0.2, 0.25) is 5.91 Å². The van der Waals surface area contributed by atoms with E-state index in [4.69, 9.17) is 5.10 Å². The molecule has 0 unspecified atom stereocenters. The van der Waals surface area contributed by atoms with Gasteiger partial charge < -0.3 is 5.32 Å². The Labute approximate surface area is 155 Å². The Morgan fingerprint density at radius 3 is 2.63 bits per heavy atom. The monoisotopic (exact) mass is 355 g/mol. The second-order valence-electron chi connectivity index (χ2n) is 6.73. The Hall–Kier alpha value is -3.54. The molecule has 0 bridgehead atoms. The van der Waals surface area contributed by atoms with Crippen LogP contribution in [0.4, 0.5) is 5.69 Å². The lowest BCUT2D eigenvalue weighted by atomic mass is 9.89. The molecule has 2 aromatic heterocycles. The average Bonchev–Trinajstić information content (AvgIpc) is 3.09. The van der Waals surface area contributed by atoms with Crippen LogP contribution in [-0.4, -0.2) is 25.7 Å². The molecule has 6 heteroatoms. The molecule has 0 fully saturated rings. The Balaban J connectivity index is 1.70. The van der Waals surface area contributed by atoms with E-state index in [0.717, 1.165) is 52.4 Å². The van der Waals surface area contributed by atoms with Crippen molar-refractivity contribution in [2.75, 3.05) is 5.32 Å². The number of hydrogen-bond donors (Lipinski definition) is 1. The smallest absolute Gasteiger partial charge is 0.221 e. The maximum Gasteiger partial charge on any atom is 0.221 e. The molecule has 2 heterocycles. The van der Waals surface area contributed by atoms with Crippen molar-refractivity contribution in [3.05, 3.63) is 65.7 Å². The minimum atomic E-state index is -0.0837. The van der Waals surface area contributed by atoms with E-state index in [-0.39, 0.29) is 5.91 Å². The molecule has 1 aliphatic rings. The fraction of sp³-hybridized carbons (Fsp3) is 0.143. The molecule has 0 saturated carbocycles. The molecule has 1 N–H and O–H groups in total. The molecule has 1 aliphatic carbocycles. The van der Waals surface area contributed by atoms with E-state index in [2.05, 4.69) is 27.6 Å². The predicted molar refractivity (Wildman–Crippen MR) is 103 cm³/mol. The number of nitrogens with zero attached hydrogens (tertiary/aromatic N) is 4. The number of nitrogens with one attached hydrogen (secondary N) is 1. The zero-order valence-corrected chi connectivity index (χ0v) is 14.8. The molecule has 6 nitrogen and oxygen atoms in total. The van der Waals surface area contributed by atoms with Crippen molar-refractivity contribution in [2.45, 2.75) is 19.8 Å². The Kier molecular flexibility index (Phi) is 3.50. The highest BCUT2D eigenvalue weighted by Crippen LogP contribution is 2.34. The van der Waals surface area contributed by atoms with Gasteiger partial charge in [-0.3, -0.25) is 4.79 Å². The topological polar surface area (TPSA) is 72.2 Å². The molecule has 132 valence electrons. The van der Waals surface area contributed by atoms with Gasteiger partial charge in [0.1, 0.15) is 0 Å². The summed E-state index contributed by atoms with van der Waals surface area (Å²) in [6.45, 7) is 1.51. The van der Waals surface area contributed by atoms with Crippen molar-refractivity contribution < 1.29 is 4.79 Å². The van der Waals surface area contributed by atoms with Gasteiger partial charge in [-0.1, -0.05) is 36.4 Å². The number of amides is 1. The van der Waals surface area contributed by atoms with Gasteiger partial charge in [0.15, 0.2) is 11.5 Å². The second kappa shape index (κ2) is 6.02. The maximum atomic E-state index is 11.4. The predicted octanol–water partition coefficient (Wildman–Crippen LogP) is 3.52. The van der Waals surface area contributed by atoms with Crippen LogP contribution in [0, 0.1) is 0 Å². The van der Waals surface area contributed by atoms with Crippen molar-refractivity contribution in [1.29, 1.82) is 0 Å². The summed E-state index contributed by atoms with van der Waals surface area (Å²) in [4.78, 5) is 11.4. The number of benzene rings is 2. The Bertz CT molecular complexity index is 1180.